The molecule has 0 aliphatic rings. The second-order valence-electron chi connectivity index (χ2n) is 7.30. The fourth-order valence-corrected chi connectivity index (χ4v) is 3.87. The first kappa shape index (κ1) is 23.2. The number of nitrogens with zero attached hydrogens (tertiary/aromatic N) is 5. The van der Waals surface area contributed by atoms with Crippen LogP contribution in [0.15, 0.2) is 83.3 Å². The lowest BCUT2D eigenvalue weighted by molar-refractivity contribution is -0.118. The highest BCUT2D eigenvalue weighted by atomic mass is 32.2. The van der Waals surface area contributed by atoms with Crippen molar-refractivity contribution in [2.24, 2.45) is 5.10 Å². The Morgan fingerprint density at radius 2 is 1.91 bits per heavy atom. The molecule has 0 aliphatic carbocycles. The van der Waals surface area contributed by atoms with Gasteiger partial charge in [-0.1, -0.05) is 41.6 Å². The number of carbonyl (C=O) groups excluding carboxylic acids is 1. The van der Waals surface area contributed by atoms with Crippen molar-refractivity contribution in [3.05, 3.63) is 84.2 Å². The zero-order chi connectivity index (χ0) is 23.8. The van der Waals surface area contributed by atoms with Crippen LogP contribution in [-0.2, 0) is 4.79 Å². The second kappa shape index (κ2) is 11.2. The lowest BCUT2D eigenvalue weighted by atomic mass is 10.2. The average molecular weight is 473 g/mol. The van der Waals surface area contributed by atoms with Crippen molar-refractivity contribution in [3.63, 3.8) is 0 Å². The molecule has 0 aliphatic heterocycles. The Kier molecular flexibility index (Phi) is 7.67. The van der Waals surface area contributed by atoms with Crippen LogP contribution in [0, 0.1) is 6.92 Å². The van der Waals surface area contributed by atoms with Crippen LogP contribution in [0.1, 0.15) is 18.1 Å². The zero-order valence-electron chi connectivity index (χ0n) is 18.9. The number of ether oxygens (including phenoxy) is 1. The van der Waals surface area contributed by atoms with E-state index in [1.165, 1.54) is 17.3 Å². The largest absolute Gasteiger partial charge is 0.494 e. The number of thioether (sulfide) groups is 1. The SMILES string of the molecule is CCOc1ccc(-n2c(SCC(=O)NN=Cc3ccc(C)cc3)nnc2-c2cccnc2)cc1. The monoisotopic (exact) mass is 472 g/mol. The Bertz CT molecular complexity index is 1260. The van der Waals surface area contributed by atoms with Crippen molar-refractivity contribution >= 4 is 23.9 Å². The van der Waals surface area contributed by atoms with Gasteiger partial charge >= 0.3 is 0 Å². The van der Waals surface area contributed by atoms with Crippen molar-refractivity contribution < 1.29 is 9.53 Å². The van der Waals surface area contributed by atoms with E-state index >= 15 is 0 Å². The van der Waals surface area contributed by atoms with Gasteiger partial charge in [0, 0.05) is 23.6 Å². The van der Waals surface area contributed by atoms with Gasteiger partial charge in [0.2, 0.25) is 0 Å². The lowest BCUT2D eigenvalue weighted by Gasteiger charge is -2.11. The number of amides is 1. The van der Waals surface area contributed by atoms with Crippen LogP contribution < -0.4 is 10.2 Å². The molecule has 0 spiro atoms. The van der Waals surface area contributed by atoms with E-state index < -0.39 is 0 Å². The quantitative estimate of drug-likeness (QED) is 0.222. The fraction of sp³-hybridized carbons (Fsp3) is 0.160. The number of aromatic nitrogens is 4. The molecule has 34 heavy (non-hydrogen) atoms. The number of nitrogens with one attached hydrogen (secondary N) is 1. The van der Waals surface area contributed by atoms with E-state index in [1.807, 2.05) is 79.1 Å². The Hall–Kier alpha value is -3.98. The van der Waals surface area contributed by atoms with Gasteiger partial charge in [-0.3, -0.25) is 14.3 Å². The van der Waals surface area contributed by atoms with E-state index in [2.05, 4.69) is 25.7 Å². The minimum absolute atomic E-state index is 0.132. The van der Waals surface area contributed by atoms with Crippen LogP contribution >= 0.6 is 11.8 Å². The first-order valence-electron chi connectivity index (χ1n) is 10.7. The fourth-order valence-electron chi connectivity index (χ4n) is 3.13. The van der Waals surface area contributed by atoms with Gasteiger partial charge in [0.25, 0.3) is 5.91 Å². The smallest absolute Gasteiger partial charge is 0.250 e. The molecule has 0 fully saturated rings. The van der Waals surface area contributed by atoms with Gasteiger partial charge in [-0.25, -0.2) is 5.43 Å². The molecule has 1 amide bonds. The summed E-state index contributed by atoms with van der Waals surface area (Å²) in [5.74, 6) is 1.31. The summed E-state index contributed by atoms with van der Waals surface area (Å²) in [6, 6.07) is 19.3. The number of aryl methyl sites for hydroxylation is 1. The van der Waals surface area contributed by atoms with Crippen molar-refractivity contribution in [1.82, 2.24) is 25.2 Å². The maximum Gasteiger partial charge on any atom is 0.250 e. The lowest BCUT2D eigenvalue weighted by Crippen LogP contribution is -2.20. The normalized spacial score (nSPS) is 11.0. The molecule has 0 saturated carbocycles. The van der Waals surface area contributed by atoms with Crippen molar-refractivity contribution in [2.75, 3.05) is 12.4 Å². The molecular weight excluding hydrogens is 448 g/mol. The van der Waals surface area contributed by atoms with Crippen molar-refractivity contribution in [2.45, 2.75) is 19.0 Å². The third-order valence-electron chi connectivity index (χ3n) is 4.77. The highest BCUT2D eigenvalue weighted by Crippen LogP contribution is 2.28. The summed E-state index contributed by atoms with van der Waals surface area (Å²) in [5.41, 5.74) is 6.32. The molecule has 0 radical (unpaired) electrons. The maximum absolute atomic E-state index is 12.4. The molecule has 8 nitrogen and oxygen atoms in total. The van der Waals surface area contributed by atoms with Crippen LogP contribution in [0.4, 0.5) is 0 Å². The number of benzene rings is 2. The summed E-state index contributed by atoms with van der Waals surface area (Å²) in [5, 5.41) is 13.3. The Labute approximate surface area is 202 Å². The third kappa shape index (κ3) is 5.87. The molecule has 1 N–H and O–H groups in total. The Morgan fingerprint density at radius 3 is 2.62 bits per heavy atom. The molecule has 2 aromatic heterocycles. The van der Waals surface area contributed by atoms with E-state index in [4.69, 9.17) is 4.74 Å². The number of pyridine rings is 1. The first-order chi connectivity index (χ1) is 16.6. The van der Waals surface area contributed by atoms with Crippen LogP contribution in [0.5, 0.6) is 5.75 Å². The van der Waals surface area contributed by atoms with Crippen LogP contribution in [0.3, 0.4) is 0 Å². The first-order valence-corrected chi connectivity index (χ1v) is 11.7. The Morgan fingerprint density at radius 1 is 1.12 bits per heavy atom. The minimum Gasteiger partial charge on any atom is -0.494 e. The van der Waals surface area contributed by atoms with E-state index in [9.17, 15) is 4.79 Å². The Balaban J connectivity index is 1.50. The molecule has 4 aromatic rings. The molecule has 0 unspecified atom stereocenters. The van der Waals surface area contributed by atoms with Crippen molar-refractivity contribution in [3.8, 4) is 22.8 Å². The molecule has 9 heteroatoms. The van der Waals surface area contributed by atoms with E-state index in [0.717, 1.165) is 22.6 Å². The molecule has 0 bridgehead atoms. The molecule has 0 saturated heterocycles. The standard InChI is InChI=1S/C25H24N6O2S/c1-3-33-22-12-10-21(11-13-22)31-24(20-5-4-14-26-16-20)29-30-25(31)34-17-23(32)28-27-15-19-8-6-18(2)7-9-19/h4-16H,3,17H2,1-2H3,(H,28,32). The summed E-state index contributed by atoms with van der Waals surface area (Å²) in [6.45, 7) is 4.56. The summed E-state index contributed by atoms with van der Waals surface area (Å²) >= 11 is 1.28. The van der Waals surface area contributed by atoms with Crippen LogP contribution in [-0.4, -0.2) is 44.2 Å². The summed E-state index contributed by atoms with van der Waals surface area (Å²) in [7, 11) is 0. The highest BCUT2D eigenvalue weighted by Gasteiger charge is 2.17. The van der Waals surface area contributed by atoms with Gasteiger partial charge < -0.3 is 4.74 Å². The molecule has 4 rings (SSSR count). The zero-order valence-corrected chi connectivity index (χ0v) is 19.7. The number of carbonyl (C=O) groups is 1. The second-order valence-corrected chi connectivity index (χ2v) is 8.25. The number of hydrazone groups is 1. The van der Waals surface area contributed by atoms with Gasteiger partial charge in [0.05, 0.1) is 18.6 Å². The van der Waals surface area contributed by atoms with Crippen LogP contribution in [0.2, 0.25) is 0 Å². The molecule has 2 aromatic carbocycles. The summed E-state index contributed by atoms with van der Waals surface area (Å²) in [4.78, 5) is 16.6. The predicted molar refractivity (Wildman–Crippen MR) is 133 cm³/mol. The van der Waals surface area contributed by atoms with Gasteiger partial charge in [0.15, 0.2) is 11.0 Å². The molecule has 0 atom stereocenters. The molecule has 2 heterocycles. The van der Waals surface area contributed by atoms with E-state index in [1.54, 1.807) is 18.6 Å². The number of hydrogen-bond donors (Lipinski definition) is 1. The topological polar surface area (TPSA) is 94.3 Å². The third-order valence-corrected chi connectivity index (χ3v) is 5.70. The van der Waals surface area contributed by atoms with E-state index in [-0.39, 0.29) is 11.7 Å². The highest BCUT2D eigenvalue weighted by molar-refractivity contribution is 7.99. The minimum atomic E-state index is -0.238. The van der Waals surface area contributed by atoms with Crippen molar-refractivity contribution in [1.29, 1.82) is 0 Å². The maximum atomic E-state index is 12.4. The van der Waals surface area contributed by atoms with Gasteiger partial charge in [-0.05, 0) is 55.8 Å². The summed E-state index contributed by atoms with van der Waals surface area (Å²) in [6.07, 6.45) is 5.05. The number of rotatable bonds is 9. The van der Waals surface area contributed by atoms with Crippen LogP contribution in [0.25, 0.3) is 17.1 Å². The molecule has 172 valence electrons. The van der Waals surface area contributed by atoms with Gasteiger partial charge in [-0.2, -0.15) is 5.10 Å². The van der Waals surface area contributed by atoms with E-state index in [0.29, 0.717) is 17.6 Å². The summed E-state index contributed by atoms with van der Waals surface area (Å²) < 4.78 is 7.46. The molecular formula is C25H24N6O2S. The van der Waals surface area contributed by atoms with Gasteiger partial charge in [0.1, 0.15) is 5.75 Å². The average Bonchev–Trinajstić information content (AvgIpc) is 3.29. The predicted octanol–water partition coefficient (Wildman–Crippen LogP) is 4.28. The number of hydrogen-bond acceptors (Lipinski definition) is 7. The van der Waals surface area contributed by atoms with Gasteiger partial charge in [-0.15, -0.1) is 10.2 Å².